The topological polar surface area (TPSA) is 12.0 Å². The first-order chi connectivity index (χ1) is 4.47. The number of fused-ring (bicyclic) bond motifs is 1. The van der Waals surface area contributed by atoms with Gasteiger partial charge in [0.2, 0.25) is 0 Å². The van der Waals surface area contributed by atoms with Gasteiger partial charge in [0, 0.05) is 6.04 Å². The van der Waals surface area contributed by atoms with Crippen LogP contribution in [0.2, 0.25) is 0 Å². The van der Waals surface area contributed by atoms with Gasteiger partial charge < -0.3 is 5.32 Å². The Hall–Kier alpha value is -0.0400. The highest BCUT2D eigenvalue weighted by molar-refractivity contribution is 4.95. The van der Waals surface area contributed by atoms with Gasteiger partial charge in [0.05, 0.1) is 0 Å². The fourth-order valence-corrected chi connectivity index (χ4v) is 2.09. The van der Waals surface area contributed by atoms with E-state index in [2.05, 4.69) is 11.7 Å². The Balaban J connectivity index is 1.97. The highest BCUT2D eigenvalue weighted by Crippen LogP contribution is 2.30. The van der Waals surface area contributed by atoms with Gasteiger partial charge in [-0.2, -0.15) is 0 Å². The Morgan fingerprint density at radius 2 is 2.33 bits per heavy atom. The monoisotopic (exact) mass is 124 g/mol. The molecule has 1 N–H and O–H groups in total. The second-order valence-electron chi connectivity index (χ2n) is 3.18. The van der Waals surface area contributed by atoms with Crippen LogP contribution in [0.4, 0.5) is 0 Å². The lowest BCUT2D eigenvalue weighted by Crippen LogP contribution is -2.37. The van der Waals surface area contributed by atoms with E-state index >= 15 is 0 Å². The van der Waals surface area contributed by atoms with E-state index in [1.54, 1.807) is 0 Å². The van der Waals surface area contributed by atoms with Crippen LogP contribution < -0.4 is 5.32 Å². The first-order valence-corrected chi connectivity index (χ1v) is 4.03. The molecule has 0 bridgehead atoms. The van der Waals surface area contributed by atoms with Crippen molar-refractivity contribution in [1.82, 2.24) is 5.32 Å². The summed E-state index contributed by atoms with van der Waals surface area (Å²) in [5.74, 6) is 0.929. The molecule has 1 saturated heterocycles. The summed E-state index contributed by atoms with van der Waals surface area (Å²) in [6.07, 6.45) is 8.10. The van der Waals surface area contributed by atoms with E-state index in [-0.39, 0.29) is 0 Å². The molecule has 2 fully saturated rings. The third kappa shape index (κ3) is 0.983. The standard InChI is InChI=1S/C8H14N/c1-3-7-4-2-6-9-8(7)5-1/h4,7-9H,1-3,5-6H2. The van der Waals surface area contributed by atoms with Gasteiger partial charge in [-0.25, -0.2) is 0 Å². The van der Waals surface area contributed by atoms with E-state index in [1.165, 1.54) is 32.2 Å². The lowest BCUT2D eigenvalue weighted by atomic mass is 9.94. The van der Waals surface area contributed by atoms with Crippen molar-refractivity contribution in [3.05, 3.63) is 6.42 Å². The van der Waals surface area contributed by atoms with Crippen molar-refractivity contribution >= 4 is 0 Å². The Kier molecular flexibility index (Phi) is 1.46. The molecule has 2 rings (SSSR count). The number of hydrogen-bond acceptors (Lipinski definition) is 1. The molecule has 2 aliphatic rings. The summed E-state index contributed by atoms with van der Waals surface area (Å²) in [6, 6.07) is 0.860. The van der Waals surface area contributed by atoms with Crippen LogP contribution in [0.1, 0.15) is 25.7 Å². The van der Waals surface area contributed by atoms with Gasteiger partial charge in [-0.15, -0.1) is 0 Å². The Bertz CT molecular complexity index is 88.7. The Morgan fingerprint density at radius 3 is 3.22 bits per heavy atom. The molecule has 0 aromatic rings. The van der Waals surface area contributed by atoms with Crippen molar-refractivity contribution < 1.29 is 0 Å². The molecule has 0 aromatic heterocycles. The smallest absolute Gasteiger partial charge is 0.00980 e. The molecule has 1 heterocycles. The van der Waals surface area contributed by atoms with Crippen molar-refractivity contribution in [1.29, 1.82) is 0 Å². The normalized spacial score (nSPS) is 42.7. The predicted octanol–water partition coefficient (Wildman–Crippen LogP) is 1.35. The fraction of sp³-hybridized carbons (Fsp3) is 0.875. The summed E-state index contributed by atoms with van der Waals surface area (Å²) in [5, 5.41) is 3.55. The van der Waals surface area contributed by atoms with E-state index in [0.29, 0.717) is 0 Å². The van der Waals surface area contributed by atoms with Gasteiger partial charge in [0.15, 0.2) is 0 Å². The van der Waals surface area contributed by atoms with Crippen LogP contribution in [-0.4, -0.2) is 12.6 Å². The third-order valence-electron chi connectivity index (χ3n) is 2.59. The second kappa shape index (κ2) is 2.30. The van der Waals surface area contributed by atoms with Gasteiger partial charge in [-0.3, -0.25) is 0 Å². The summed E-state index contributed by atoms with van der Waals surface area (Å²) >= 11 is 0. The van der Waals surface area contributed by atoms with E-state index in [9.17, 15) is 0 Å². The van der Waals surface area contributed by atoms with Crippen molar-refractivity contribution in [3.8, 4) is 0 Å². The molecule has 2 unspecified atom stereocenters. The Labute approximate surface area is 56.8 Å². The van der Waals surface area contributed by atoms with Crippen LogP contribution in [0.3, 0.4) is 0 Å². The largest absolute Gasteiger partial charge is 0.314 e. The zero-order valence-electron chi connectivity index (χ0n) is 5.77. The molecule has 1 saturated carbocycles. The van der Waals surface area contributed by atoms with Gasteiger partial charge in [0.1, 0.15) is 0 Å². The first-order valence-electron chi connectivity index (χ1n) is 4.03. The molecule has 9 heavy (non-hydrogen) atoms. The van der Waals surface area contributed by atoms with Crippen LogP contribution in [0.25, 0.3) is 0 Å². The van der Waals surface area contributed by atoms with Gasteiger partial charge in [-0.05, 0) is 38.1 Å². The summed E-state index contributed by atoms with van der Waals surface area (Å²) in [5.41, 5.74) is 0. The van der Waals surface area contributed by atoms with Crippen LogP contribution in [0.15, 0.2) is 0 Å². The first kappa shape index (κ1) is 5.72. The molecule has 0 amide bonds. The van der Waals surface area contributed by atoms with E-state index in [0.717, 1.165) is 12.0 Å². The number of rotatable bonds is 0. The average Bonchev–Trinajstić information content (AvgIpc) is 2.33. The van der Waals surface area contributed by atoms with Crippen molar-refractivity contribution in [2.45, 2.75) is 31.7 Å². The van der Waals surface area contributed by atoms with Crippen LogP contribution in [-0.2, 0) is 0 Å². The van der Waals surface area contributed by atoms with Crippen molar-refractivity contribution in [2.24, 2.45) is 5.92 Å². The molecule has 0 spiro atoms. The molecule has 1 heteroatoms. The van der Waals surface area contributed by atoms with Gasteiger partial charge in [0.25, 0.3) is 0 Å². The highest BCUT2D eigenvalue weighted by atomic mass is 14.9. The molecule has 51 valence electrons. The van der Waals surface area contributed by atoms with E-state index in [4.69, 9.17) is 0 Å². The number of hydrogen-bond donors (Lipinski definition) is 1. The number of piperidine rings is 1. The van der Waals surface area contributed by atoms with Crippen LogP contribution in [0.5, 0.6) is 0 Å². The molecule has 0 aromatic carbocycles. The lowest BCUT2D eigenvalue weighted by molar-refractivity contribution is 0.388. The SMILES string of the molecule is [CH]1CCNC2CCCC12. The molecule has 2 atom stereocenters. The lowest BCUT2D eigenvalue weighted by Gasteiger charge is -2.25. The molecule has 1 aliphatic carbocycles. The van der Waals surface area contributed by atoms with E-state index in [1.807, 2.05) is 0 Å². The minimum Gasteiger partial charge on any atom is -0.314 e. The maximum Gasteiger partial charge on any atom is 0.00980 e. The fourth-order valence-electron chi connectivity index (χ4n) is 2.09. The summed E-state index contributed by atoms with van der Waals surface area (Å²) in [7, 11) is 0. The molecule has 1 nitrogen and oxygen atoms in total. The third-order valence-corrected chi connectivity index (χ3v) is 2.59. The molecular formula is C8H14N. The maximum atomic E-state index is 3.55. The van der Waals surface area contributed by atoms with Crippen molar-refractivity contribution in [3.63, 3.8) is 0 Å². The summed E-state index contributed by atoms with van der Waals surface area (Å²) in [4.78, 5) is 0. The molecular weight excluding hydrogens is 110 g/mol. The van der Waals surface area contributed by atoms with Gasteiger partial charge in [-0.1, -0.05) is 6.42 Å². The Morgan fingerprint density at radius 1 is 1.33 bits per heavy atom. The van der Waals surface area contributed by atoms with Crippen LogP contribution in [0, 0.1) is 12.3 Å². The number of nitrogens with one attached hydrogen (secondary N) is 1. The maximum absolute atomic E-state index is 3.55. The predicted molar refractivity (Wildman–Crippen MR) is 38.0 cm³/mol. The highest BCUT2D eigenvalue weighted by Gasteiger charge is 2.28. The van der Waals surface area contributed by atoms with Crippen molar-refractivity contribution in [2.75, 3.05) is 6.54 Å². The van der Waals surface area contributed by atoms with E-state index < -0.39 is 0 Å². The van der Waals surface area contributed by atoms with Crippen LogP contribution >= 0.6 is 0 Å². The summed E-state index contributed by atoms with van der Waals surface area (Å²) < 4.78 is 0. The summed E-state index contributed by atoms with van der Waals surface area (Å²) in [6.45, 7) is 1.22. The minimum atomic E-state index is 0.860. The zero-order chi connectivity index (χ0) is 6.10. The quantitative estimate of drug-likeness (QED) is 0.514. The van der Waals surface area contributed by atoms with Gasteiger partial charge >= 0.3 is 0 Å². The average molecular weight is 124 g/mol. The zero-order valence-corrected chi connectivity index (χ0v) is 5.77. The molecule has 1 aliphatic heterocycles. The second-order valence-corrected chi connectivity index (χ2v) is 3.18. The molecule has 1 radical (unpaired) electrons. The minimum absolute atomic E-state index is 0.860.